The molecule has 0 bridgehead atoms. The monoisotopic (exact) mass is 165 g/mol. The van der Waals surface area contributed by atoms with Gasteiger partial charge in [0.1, 0.15) is 5.82 Å². The van der Waals surface area contributed by atoms with Gasteiger partial charge < -0.3 is 5.73 Å². The second-order valence-electron chi connectivity index (χ2n) is 2.29. The molecular formula is C9H8FNO. The van der Waals surface area contributed by atoms with Crippen LogP contribution in [0.25, 0.3) is 6.08 Å². The maximum Gasteiger partial charge on any atom is 0.241 e. The highest BCUT2D eigenvalue weighted by atomic mass is 19.1. The van der Waals surface area contributed by atoms with Crippen LogP contribution in [0.2, 0.25) is 0 Å². The molecule has 0 heterocycles. The quantitative estimate of drug-likeness (QED) is 0.660. The lowest BCUT2D eigenvalue weighted by Crippen LogP contribution is -2.05. The maximum absolute atomic E-state index is 12.5. The molecule has 0 aliphatic carbocycles. The van der Waals surface area contributed by atoms with Crippen LogP contribution >= 0.6 is 0 Å². The van der Waals surface area contributed by atoms with Crippen LogP contribution in [0, 0.1) is 5.82 Å². The Labute approximate surface area is 69.5 Å². The molecule has 0 fully saturated rings. The van der Waals surface area contributed by atoms with E-state index in [0.717, 1.165) is 0 Å². The molecule has 0 spiro atoms. The van der Waals surface area contributed by atoms with E-state index in [9.17, 15) is 9.18 Å². The van der Waals surface area contributed by atoms with Crippen molar-refractivity contribution in [3.05, 3.63) is 41.7 Å². The van der Waals surface area contributed by atoms with Gasteiger partial charge in [-0.2, -0.15) is 0 Å². The Hall–Kier alpha value is -1.64. The first-order valence-electron chi connectivity index (χ1n) is 3.41. The lowest BCUT2D eigenvalue weighted by molar-refractivity contribution is -0.113. The molecule has 0 unspecified atom stereocenters. The van der Waals surface area contributed by atoms with Crippen molar-refractivity contribution in [1.29, 1.82) is 0 Å². The minimum atomic E-state index is -0.542. The Morgan fingerprint density at radius 3 is 2.83 bits per heavy atom. The number of amides is 1. The van der Waals surface area contributed by atoms with Gasteiger partial charge in [0.25, 0.3) is 0 Å². The van der Waals surface area contributed by atoms with Crippen LogP contribution < -0.4 is 5.73 Å². The fourth-order valence-corrected chi connectivity index (χ4v) is 0.789. The van der Waals surface area contributed by atoms with Crippen LogP contribution in [0.3, 0.4) is 0 Å². The Morgan fingerprint density at radius 2 is 2.25 bits per heavy atom. The minimum Gasteiger partial charge on any atom is -0.366 e. The predicted molar refractivity (Wildman–Crippen MR) is 44.6 cm³/mol. The van der Waals surface area contributed by atoms with Gasteiger partial charge >= 0.3 is 0 Å². The molecule has 2 nitrogen and oxygen atoms in total. The van der Waals surface area contributed by atoms with Crippen LogP contribution in [0.4, 0.5) is 4.39 Å². The summed E-state index contributed by atoms with van der Waals surface area (Å²) in [6, 6.07) is 5.90. The molecule has 62 valence electrons. The molecule has 0 aliphatic heterocycles. The van der Waals surface area contributed by atoms with E-state index in [0.29, 0.717) is 5.56 Å². The predicted octanol–water partition coefficient (Wildman–Crippen LogP) is 1.32. The van der Waals surface area contributed by atoms with E-state index < -0.39 is 5.91 Å². The van der Waals surface area contributed by atoms with Crippen molar-refractivity contribution in [1.82, 2.24) is 0 Å². The summed E-state index contributed by atoms with van der Waals surface area (Å²) in [5.41, 5.74) is 5.48. The zero-order valence-corrected chi connectivity index (χ0v) is 6.33. The number of halogens is 1. The molecule has 1 aromatic carbocycles. The van der Waals surface area contributed by atoms with Gasteiger partial charge in [0.15, 0.2) is 0 Å². The van der Waals surface area contributed by atoms with Crippen molar-refractivity contribution < 1.29 is 9.18 Å². The molecule has 0 radical (unpaired) electrons. The topological polar surface area (TPSA) is 43.1 Å². The summed E-state index contributed by atoms with van der Waals surface area (Å²) in [7, 11) is 0. The van der Waals surface area contributed by atoms with Gasteiger partial charge in [0, 0.05) is 6.08 Å². The molecule has 1 amide bonds. The van der Waals surface area contributed by atoms with Crippen molar-refractivity contribution in [2.75, 3.05) is 0 Å². The molecule has 0 atom stereocenters. The summed E-state index contributed by atoms with van der Waals surface area (Å²) in [6.07, 6.45) is 2.65. The summed E-state index contributed by atoms with van der Waals surface area (Å²) in [5, 5.41) is 0. The first-order chi connectivity index (χ1) is 5.68. The molecule has 0 saturated heterocycles. The number of carbonyl (C=O) groups excluding carboxylic acids is 1. The zero-order valence-electron chi connectivity index (χ0n) is 6.33. The van der Waals surface area contributed by atoms with Gasteiger partial charge in [-0.05, 0) is 23.8 Å². The average Bonchev–Trinajstić information content (AvgIpc) is 2.01. The van der Waals surface area contributed by atoms with Gasteiger partial charge in [-0.15, -0.1) is 0 Å². The number of nitrogens with two attached hydrogens (primary N) is 1. The third kappa shape index (κ3) is 2.54. The Bertz CT molecular complexity index is 320. The molecule has 3 heteroatoms. The van der Waals surface area contributed by atoms with Crippen LogP contribution in [0.1, 0.15) is 5.56 Å². The zero-order chi connectivity index (χ0) is 8.97. The lowest BCUT2D eigenvalue weighted by atomic mass is 10.2. The van der Waals surface area contributed by atoms with Crippen LogP contribution in [-0.4, -0.2) is 5.91 Å². The van der Waals surface area contributed by atoms with Gasteiger partial charge in [-0.25, -0.2) is 4.39 Å². The molecule has 0 aliphatic rings. The number of primary amides is 1. The Kier molecular flexibility index (Phi) is 2.58. The normalized spacial score (nSPS) is 10.4. The van der Waals surface area contributed by atoms with Crippen molar-refractivity contribution in [3.8, 4) is 0 Å². The number of hydrogen-bond donors (Lipinski definition) is 1. The Balaban J connectivity index is 2.83. The Morgan fingerprint density at radius 1 is 1.50 bits per heavy atom. The SMILES string of the molecule is NC(=O)/C=C\c1cccc(F)c1. The molecule has 0 saturated carbocycles. The lowest BCUT2D eigenvalue weighted by Gasteiger charge is -1.91. The van der Waals surface area contributed by atoms with Crippen LogP contribution in [0.15, 0.2) is 30.3 Å². The number of hydrogen-bond acceptors (Lipinski definition) is 1. The van der Waals surface area contributed by atoms with E-state index in [1.165, 1.54) is 24.3 Å². The standard InChI is InChI=1S/C9H8FNO/c10-8-3-1-2-7(6-8)4-5-9(11)12/h1-6H,(H2,11,12)/b5-4-. The summed E-state index contributed by atoms with van der Waals surface area (Å²) < 4.78 is 12.5. The van der Waals surface area contributed by atoms with Gasteiger partial charge in [-0.1, -0.05) is 12.1 Å². The smallest absolute Gasteiger partial charge is 0.241 e. The van der Waals surface area contributed by atoms with E-state index in [4.69, 9.17) is 5.73 Å². The second-order valence-corrected chi connectivity index (χ2v) is 2.29. The minimum absolute atomic E-state index is 0.332. The fourth-order valence-electron chi connectivity index (χ4n) is 0.789. The van der Waals surface area contributed by atoms with E-state index >= 15 is 0 Å². The van der Waals surface area contributed by atoms with Crippen molar-refractivity contribution in [3.63, 3.8) is 0 Å². The van der Waals surface area contributed by atoms with Crippen LogP contribution in [0.5, 0.6) is 0 Å². The van der Waals surface area contributed by atoms with E-state index in [1.807, 2.05) is 0 Å². The van der Waals surface area contributed by atoms with Gasteiger partial charge in [0.05, 0.1) is 0 Å². The highest BCUT2D eigenvalue weighted by Gasteiger charge is 1.90. The maximum atomic E-state index is 12.5. The molecule has 2 N–H and O–H groups in total. The third-order valence-corrected chi connectivity index (χ3v) is 1.29. The van der Waals surface area contributed by atoms with E-state index in [1.54, 1.807) is 12.1 Å². The van der Waals surface area contributed by atoms with Crippen molar-refractivity contribution in [2.24, 2.45) is 5.73 Å². The highest BCUT2D eigenvalue weighted by Crippen LogP contribution is 2.04. The van der Waals surface area contributed by atoms with E-state index in [-0.39, 0.29) is 5.82 Å². The molecule has 1 aromatic rings. The summed E-state index contributed by atoms with van der Waals surface area (Å²) >= 11 is 0. The van der Waals surface area contributed by atoms with Crippen LogP contribution in [-0.2, 0) is 4.79 Å². The number of carbonyl (C=O) groups is 1. The highest BCUT2D eigenvalue weighted by molar-refractivity contribution is 5.90. The number of rotatable bonds is 2. The van der Waals surface area contributed by atoms with Crippen molar-refractivity contribution in [2.45, 2.75) is 0 Å². The third-order valence-electron chi connectivity index (χ3n) is 1.29. The second kappa shape index (κ2) is 3.67. The van der Waals surface area contributed by atoms with Gasteiger partial charge in [0.2, 0.25) is 5.91 Å². The van der Waals surface area contributed by atoms with E-state index in [2.05, 4.69) is 0 Å². The number of benzene rings is 1. The first-order valence-corrected chi connectivity index (χ1v) is 3.41. The van der Waals surface area contributed by atoms with Crippen molar-refractivity contribution >= 4 is 12.0 Å². The summed E-state index contributed by atoms with van der Waals surface area (Å²) in [6.45, 7) is 0. The molecule has 12 heavy (non-hydrogen) atoms. The summed E-state index contributed by atoms with van der Waals surface area (Å²) in [4.78, 5) is 10.3. The molecule has 0 aromatic heterocycles. The largest absolute Gasteiger partial charge is 0.366 e. The molecule has 1 rings (SSSR count). The van der Waals surface area contributed by atoms with Gasteiger partial charge in [-0.3, -0.25) is 4.79 Å². The first kappa shape index (κ1) is 8.46. The molecular weight excluding hydrogens is 157 g/mol. The average molecular weight is 165 g/mol. The fraction of sp³-hybridized carbons (Fsp3) is 0. The summed E-state index contributed by atoms with van der Waals surface area (Å²) in [5.74, 6) is -0.874.